The monoisotopic (exact) mass is 345 g/mol. The molecule has 1 aromatic heterocycles. The zero-order valence-corrected chi connectivity index (χ0v) is 14.2. The van der Waals surface area contributed by atoms with E-state index < -0.39 is 0 Å². The molecule has 1 atom stereocenters. The van der Waals surface area contributed by atoms with Gasteiger partial charge in [-0.1, -0.05) is 19.1 Å². The Morgan fingerprint density at radius 1 is 1.27 bits per heavy atom. The fourth-order valence-corrected chi connectivity index (χ4v) is 1.87. The molecule has 0 saturated heterocycles. The van der Waals surface area contributed by atoms with E-state index in [1.54, 1.807) is 11.0 Å². The summed E-state index contributed by atoms with van der Waals surface area (Å²) in [5.74, 6) is 0.0223. The van der Waals surface area contributed by atoms with E-state index in [1.165, 1.54) is 6.33 Å². The van der Waals surface area contributed by atoms with Crippen LogP contribution in [-0.4, -0.2) is 34.3 Å². The summed E-state index contributed by atoms with van der Waals surface area (Å²) in [6.45, 7) is 3.11. The van der Waals surface area contributed by atoms with E-state index in [0.717, 1.165) is 11.3 Å². The van der Waals surface area contributed by atoms with Crippen LogP contribution < -0.4 is 10.6 Å². The van der Waals surface area contributed by atoms with Gasteiger partial charge in [-0.25, -0.2) is 9.67 Å². The van der Waals surface area contributed by atoms with E-state index >= 15 is 0 Å². The molecule has 1 heterocycles. The van der Waals surface area contributed by atoms with Crippen LogP contribution in [0.4, 0.5) is 0 Å². The highest BCUT2D eigenvalue weighted by atomic mass is 35.5. The topological polar surface area (TPSA) is 71.8 Å². The van der Waals surface area contributed by atoms with Crippen LogP contribution in [0.15, 0.2) is 36.9 Å². The van der Waals surface area contributed by atoms with Crippen LogP contribution in [0, 0.1) is 5.92 Å². The van der Waals surface area contributed by atoms with Gasteiger partial charge < -0.3 is 10.6 Å². The molecule has 1 aromatic carbocycles. The van der Waals surface area contributed by atoms with Gasteiger partial charge in [0, 0.05) is 19.0 Å². The molecule has 1 amide bonds. The van der Waals surface area contributed by atoms with E-state index in [-0.39, 0.29) is 36.6 Å². The van der Waals surface area contributed by atoms with Crippen molar-refractivity contribution in [3.8, 4) is 5.69 Å². The maximum Gasteiger partial charge on any atom is 0.224 e. The standard InChI is InChI=1S/C14H19N5O.2ClH/c1-11(7-15-2)14(20)17-8-12-3-5-13(6-4-12)19-10-16-9-18-19;;/h3-6,9-11,15H,7-8H2,1-2H3,(H,17,20);2*1H. The Kier molecular flexibility index (Phi) is 9.40. The number of halogens is 2. The number of carbonyl (C=O) groups is 1. The third-order valence-corrected chi connectivity index (χ3v) is 3.04. The van der Waals surface area contributed by atoms with Gasteiger partial charge >= 0.3 is 0 Å². The first-order chi connectivity index (χ1) is 9.70. The molecule has 0 aliphatic heterocycles. The van der Waals surface area contributed by atoms with Crippen LogP contribution in [0.25, 0.3) is 5.69 Å². The molecule has 8 heteroatoms. The second kappa shape index (κ2) is 10.2. The second-order valence-corrected chi connectivity index (χ2v) is 4.68. The molecule has 22 heavy (non-hydrogen) atoms. The molecule has 0 radical (unpaired) electrons. The maximum absolute atomic E-state index is 11.8. The molecule has 0 saturated carbocycles. The number of nitrogens with zero attached hydrogens (tertiary/aromatic N) is 3. The van der Waals surface area contributed by atoms with Crippen LogP contribution in [-0.2, 0) is 11.3 Å². The minimum absolute atomic E-state index is 0. The highest BCUT2D eigenvalue weighted by molar-refractivity contribution is 5.85. The molecule has 0 bridgehead atoms. The lowest BCUT2D eigenvalue weighted by Crippen LogP contribution is -2.33. The molecule has 2 N–H and O–H groups in total. The lowest BCUT2D eigenvalue weighted by molar-refractivity contribution is -0.124. The SMILES string of the molecule is CNCC(C)C(=O)NCc1ccc(-n2cncn2)cc1.Cl.Cl. The minimum Gasteiger partial charge on any atom is -0.352 e. The predicted molar refractivity (Wildman–Crippen MR) is 90.8 cm³/mol. The third kappa shape index (κ3) is 5.63. The number of amides is 1. The number of nitrogens with one attached hydrogen (secondary N) is 2. The van der Waals surface area contributed by atoms with Crippen molar-refractivity contribution < 1.29 is 4.79 Å². The summed E-state index contributed by atoms with van der Waals surface area (Å²) < 4.78 is 1.69. The van der Waals surface area contributed by atoms with E-state index in [1.807, 2.05) is 38.2 Å². The highest BCUT2D eigenvalue weighted by Gasteiger charge is 2.10. The summed E-state index contributed by atoms with van der Waals surface area (Å²) in [5, 5.41) is 9.98. The molecule has 0 aliphatic rings. The molecule has 1 unspecified atom stereocenters. The largest absolute Gasteiger partial charge is 0.352 e. The Balaban J connectivity index is 0.00000220. The molecule has 2 aromatic rings. The molecule has 0 fully saturated rings. The lowest BCUT2D eigenvalue weighted by Gasteiger charge is -2.11. The predicted octanol–water partition coefficient (Wildman–Crippen LogP) is 1.58. The molecule has 122 valence electrons. The zero-order chi connectivity index (χ0) is 14.4. The normalized spacial score (nSPS) is 11.0. The summed E-state index contributed by atoms with van der Waals surface area (Å²) in [5.41, 5.74) is 2.00. The van der Waals surface area contributed by atoms with Crippen molar-refractivity contribution in [2.75, 3.05) is 13.6 Å². The number of hydrogen-bond acceptors (Lipinski definition) is 4. The van der Waals surface area contributed by atoms with Gasteiger partial charge in [0.2, 0.25) is 5.91 Å². The van der Waals surface area contributed by atoms with Gasteiger partial charge in [0.25, 0.3) is 0 Å². The van der Waals surface area contributed by atoms with Gasteiger partial charge in [-0.15, -0.1) is 24.8 Å². The second-order valence-electron chi connectivity index (χ2n) is 4.68. The number of hydrogen-bond donors (Lipinski definition) is 2. The zero-order valence-electron chi connectivity index (χ0n) is 12.5. The van der Waals surface area contributed by atoms with Crippen molar-refractivity contribution >= 4 is 30.7 Å². The van der Waals surface area contributed by atoms with Gasteiger partial charge in [-0.3, -0.25) is 4.79 Å². The van der Waals surface area contributed by atoms with Crippen molar-refractivity contribution in [3.63, 3.8) is 0 Å². The van der Waals surface area contributed by atoms with Gasteiger partial charge in [-0.05, 0) is 24.7 Å². The number of carbonyl (C=O) groups excluding carboxylic acids is 1. The fraction of sp³-hybridized carbons (Fsp3) is 0.357. The smallest absolute Gasteiger partial charge is 0.224 e. The quantitative estimate of drug-likeness (QED) is 0.833. The molecular weight excluding hydrogens is 325 g/mol. The van der Waals surface area contributed by atoms with Crippen molar-refractivity contribution in [3.05, 3.63) is 42.5 Å². The maximum atomic E-state index is 11.8. The first-order valence-electron chi connectivity index (χ1n) is 6.57. The van der Waals surface area contributed by atoms with Crippen molar-refractivity contribution in [2.45, 2.75) is 13.5 Å². The Hall–Kier alpha value is -1.63. The van der Waals surface area contributed by atoms with Gasteiger partial charge in [0.1, 0.15) is 12.7 Å². The average Bonchev–Trinajstić information content (AvgIpc) is 2.99. The van der Waals surface area contributed by atoms with E-state index in [2.05, 4.69) is 20.7 Å². The van der Waals surface area contributed by atoms with Gasteiger partial charge in [0.05, 0.1) is 5.69 Å². The fourth-order valence-electron chi connectivity index (χ4n) is 1.87. The van der Waals surface area contributed by atoms with E-state index in [4.69, 9.17) is 0 Å². The summed E-state index contributed by atoms with van der Waals surface area (Å²) >= 11 is 0. The van der Waals surface area contributed by atoms with Gasteiger partial charge in [-0.2, -0.15) is 5.10 Å². The van der Waals surface area contributed by atoms with E-state index in [0.29, 0.717) is 13.1 Å². The Bertz CT molecular complexity index is 545. The van der Waals surface area contributed by atoms with Gasteiger partial charge in [0.15, 0.2) is 0 Å². The Labute approximate surface area is 142 Å². The first-order valence-corrected chi connectivity index (χ1v) is 6.57. The highest BCUT2D eigenvalue weighted by Crippen LogP contribution is 2.08. The number of benzene rings is 1. The summed E-state index contributed by atoms with van der Waals surface area (Å²) in [7, 11) is 1.84. The molecular formula is C14H21Cl2N5O. The molecule has 0 spiro atoms. The number of rotatable bonds is 6. The summed E-state index contributed by atoms with van der Waals surface area (Å²) in [4.78, 5) is 15.7. The molecule has 6 nitrogen and oxygen atoms in total. The minimum atomic E-state index is -0.0329. The van der Waals surface area contributed by atoms with E-state index in [9.17, 15) is 4.79 Å². The molecule has 2 rings (SSSR count). The van der Waals surface area contributed by atoms with Crippen LogP contribution in [0.1, 0.15) is 12.5 Å². The lowest BCUT2D eigenvalue weighted by atomic mass is 10.1. The summed E-state index contributed by atoms with van der Waals surface area (Å²) in [6.07, 6.45) is 3.15. The summed E-state index contributed by atoms with van der Waals surface area (Å²) in [6, 6.07) is 7.85. The van der Waals surface area contributed by atoms with Crippen LogP contribution in [0.5, 0.6) is 0 Å². The first kappa shape index (κ1) is 20.4. The number of aromatic nitrogens is 3. The Morgan fingerprint density at radius 3 is 2.50 bits per heavy atom. The third-order valence-electron chi connectivity index (χ3n) is 3.04. The van der Waals surface area contributed by atoms with Crippen molar-refractivity contribution in [1.29, 1.82) is 0 Å². The van der Waals surface area contributed by atoms with Crippen molar-refractivity contribution in [2.24, 2.45) is 5.92 Å². The average molecular weight is 346 g/mol. The van der Waals surface area contributed by atoms with Crippen LogP contribution in [0.2, 0.25) is 0 Å². The van der Waals surface area contributed by atoms with Crippen LogP contribution >= 0.6 is 24.8 Å². The Morgan fingerprint density at radius 2 is 1.95 bits per heavy atom. The van der Waals surface area contributed by atoms with Crippen molar-refractivity contribution in [1.82, 2.24) is 25.4 Å². The molecule has 0 aliphatic carbocycles. The van der Waals surface area contributed by atoms with Crippen LogP contribution in [0.3, 0.4) is 0 Å².